The maximum Gasteiger partial charge on any atom is 0.406 e. The minimum Gasteiger partial charge on any atom is -0.383 e. The van der Waals surface area contributed by atoms with Gasteiger partial charge in [0.05, 0.1) is 40.6 Å². The molecule has 13 nitrogen and oxygen atoms in total. The number of ether oxygens (including phenoxy) is 1. The number of carbonyl (C=O) groups is 5. The van der Waals surface area contributed by atoms with Crippen LogP contribution in [0, 0.1) is 47.1 Å². The van der Waals surface area contributed by atoms with E-state index < -0.39 is 18.6 Å². The second kappa shape index (κ2) is 38.6. The summed E-state index contributed by atoms with van der Waals surface area (Å²) in [4.78, 5) is 78.6. The van der Waals surface area contributed by atoms with Crippen molar-refractivity contribution >= 4 is 135 Å². The Bertz CT molecular complexity index is 7780. The third-order valence-electron chi connectivity index (χ3n) is 26.5. The van der Waals surface area contributed by atoms with Crippen LogP contribution in [-0.4, -0.2) is 82.2 Å². The zero-order valence-electron chi connectivity index (χ0n) is 78.0. The summed E-state index contributed by atoms with van der Waals surface area (Å²) in [6, 6.07) is 120. The number of anilines is 9. The van der Waals surface area contributed by atoms with Crippen LogP contribution in [0.25, 0.3) is 114 Å². The average molecular weight is 1820 g/mol. The van der Waals surface area contributed by atoms with Gasteiger partial charge in [-0.3, -0.25) is 33.8 Å². The van der Waals surface area contributed by atoms with Crippen molar-refractivity contribution in [1.29, 1.82) is 0 Å². The number of rotatable bonds is 19. The van der Waals surface area contributed by atoms with Crippen LogP contribution >= 0.6 is 0 Å². The number of hydrogen-bond acceptors (Lipinski definition) is 7. The van der Waals surface area contributed by atoms with E-state index in [9.17, 15) is 37.1 Å². The molecule has 16 heteroatoms. The van der Waals surface area contributed by atoms with E-state index in [-0.39, 0.29) is 23.6 Å². The number of halogens is 3. The van der Waals surface area contributed by atoms with Gasteiger partial charge in [-0.25, -0.2) is 6.57 Å². The van der Waals surface area contributed by atoms with Gasteiger partial charge in [-0.15, -0.1) is 0 Å². The molecule has 23 rings (SSSR count). The van der Waals surface area contributed by atoms with Gasteiger partial charge in [0.1, 0.15) is 6.54 Å². The normalized spacial score (nSPS) is 12.9. The molecule has 0 radical (unpaired) electrons. The number of nitrogens with zero attached hydrogens (tertiary/aromatic N) is 7. The highest BCUT2D eigenvalue weighted by molar-refractivity contribution is 6.32. The van der Waals surface area contributed by atoms with Crippen LogP contribution in [0.15, 0.2) is 358 Å². The van der Waals surface area contributed by atoms with E-state index in [2.05, 4.69) is 251 Å². The summed E-state index contributed by atoms with van der Waals surface area (Å²) in [7, 11) is 1.66. The molecule has 0 fully saturated rings. The van der Waals surface area contributed by atoms with Crippen molar-refractivity contribution in [2.75, 3.05) is 75.8 Å². The largest absolute Gasteiger partial charge is 0.406 e. The number of alkyl halides is 3. The van der Waals surface area contributed by atoms with Gasteiger partial charge in [0.15, 0.2) is 0 Å². The van der Waals surface area contributed by atoms with Gasteiger partial charge in [-0.05, 0) is 239 Å². The Labute approximate surface area is 801 Å². The van der Waals surface area contributed by atoms with Gasteiger partial charge in [-0.1, -0.05) is 290 Å². The Morgan fingerprint density at radius 1 is 0.312 bits per heavy atom. The van der Waals surface area contributed by atoms with Crippen LogP contribution in [0.3, 0.4) is 0 Å². The molecule has 0 saturated carbocycles. The third-order valence-corrected chi connectivity index (χ3v) is 26.5. The molecule has 0 saturated heterocycles. The third kappa shape index (κ3) is 17.6. The van der Waals surface area contributed by atoms with Crippen molar-refractivity contribution in [2.24, 2.45) is 5.92 Å². The van der Waals surface area contributed by atoms with E-state index in [1.165, 1.54) is 44.3 Å². The molecule has 5 aliphatic heterocycles. The van der Waals surface area contributed by atoms with E-state index in [0.29, 0.717) is 55.2 Å². The van der Waals surface area contributed by atoms with E-state index in [1.807, 2.05) is 160 Å². The van der Waals surface area contributed by atoms with Crippen molar-refractivity contribution in [3.05, 3.63) is 425 Å². The second-order valence-electron chi connectivity index (χ2n) is 36.1. The lowest BCUT2D eigenvalue weighted by atomic mass is 9.95. The minimum atomic E-state index is -4.44. The van der Waals surface area contributed by atoms with Crippen molar-refractivity contribution in [2.45, 2.75) is 67.5 Å². The quantitative estimate of drug-likeness (QED) is 0.0584. The fraction of sp³-hybridized carbons (Fsp3) is 0.148. The summed E-state index contributed by atoms with van der Waals surface area (Å²) in [5.41, 5.74) is 29.1. The molecule has 18 aromatic rings. The zero-order chi connectivity index (χ0) is 95.7. The standard InChI is InChI=1S/C36H26N2O.C23H23NO.C22H18N2O.C21H19NO2.C20H14F3NO/c1-25-15-17-26(18-16-25)31-23-24-34-35-32(31)13-8-14-33(35)36(39)38(34)30-21-19-29(20-22-30)37(27-9-4-2-5-10-27)28-11-6-3-7-12-28;1-15(2)13-14-24-21-12-11-18(17-9-7-16(3)8-10-17)19-5-4-6-20(22(19)21)23(24)25;1-15-7-9-16(10-8-15)17-11-12-20-21-18(17)5-3-6-19(21)22(25)24(20)14-4-13-23-2;1-14-6-8-15(9-7-14)16-10-11-19-20-17(16)4-3-5-18(20)21(23)22(19)12-13-24-2;1-12-5-7-13(8-6-12)14-9-10-17-18-15(14)3-2-4-16(18)19(25)24(17)11-20(21,22)23/h2-24H,1H3;4-12,15H,13-14H2,1-3H3;3,5-12H,4,13-14H2,1H3;3-11H,12-13H2,1-2H3;2-10H,11H2,1H3. The van der Waals surface area contributed by atoms with Gasteiger partial charge in [-0.2, -0.15) is 13.2 Å². The molecular formula is C122H100F3N7O6. The summed E-state index contributed by atoms with van der Waals surface area (Å²) in [6.07, 6.45) is -2.73. The van der Waals surface area contributed by atoms with Crippen molar-refractivity contribution in [1.82, 2.24) is 0 Å². The predicted octanol–water partition coefficient (Wildman–Crippen LogP) is 30.2. The molecular weight excluding hydrogens is 1720 g/mol. The van der Waals surface area contributed by atoms with Gasteiger partial charge >= 0.3 is 6.18 Å². The highest BCUT2D eigenvalue weighted by Gasteiger charge is 2.41. The molecule has 5 amide bonds. The fourth-order valence-electron chi connectivity index (χ4n) is 19.6. The maximum absolute atomic E-state index is 13.7. The minimum absolute atomic E-state index is 0.00683. The summed E-state index contributed by atoms with van der Waals surface area (Å²) in [5, 5.41) is 10.1. The number of hydrogen-bond donors (Lipinski definition) is 0. The molecule has 0 bridgehead atoms. The lowest BCUT2D eigenvalue weighted by Crippen LogP contribution is -2.36. The van der Waals surface area contributed by atoms with Gasteiger partial charge < -0.3 is 29.2 Å². The fourth-order valence-corrected chi connectivity index (χ4v) is 19.6. The predicted molar refractivity (Wildman–Crippen MR) is 558 cm³/mol. The monoisotopic (exact) mass is 1820 g/mol. The van der Waals surface area contributed by atoms with Crippen LogP contribution in [0.4, 0.5) is 64.4 Å². The first-order chi connectivity index (χ1) is 67.0. The van der Waals surface area contributed by atoms with Crippen molar-refractivity contribution < 1.29 is 41.9 Å². The average Bonchev–Trinajstić information content (AvgIpc) is 1.58. The van der Waals surface area contributed by atoms with Crippen LogP contribution < -0.4 is 29.4 Å². The van der Waals surface area contributed by atoms with Crippen molar-refractivity contribution in [3.8, 4) is 55.6 Å². The van der Waals surface area contributed by atoms with Gasteiger partial charge in [0, 0.05) is 105 Å². The summed E-state index contributed by atoms with van der Waals surface area (Å²) in [6.45, 7) is 23.3. The smallest absolute Gasteiger partial charge is 0.383 e. The molecule has 138 heavy (non-hydrogen) atoms. The van der Waals surface area contributed by atoms with Crippen LogP contribution in [-0.2, 0) is 4.74 Å². The first kappa shape index (κ1) is 90.8. The lowest BCUT2D eigenvalue weighted by Gasteiger charge is -2.26. The number of benzene rings is 18. The Kier molecular flexibility index (Phi) is 25.4. The molecule has 18 aromatic carbocycles. The molecule has 5 heterocycles. The zero-order valence-corrected chi connectivity index (χ0v) is 78.0. The highest BCUT2D eigenvalue weighted by atomic mass is 19.4. The molecule has 0 atom stereocenters. The van der Waals surface area contributed by atoms with E-state index in [1.54, 1.807) is 31.4 Å². The van der Waals surface area contributed by atoms with Crippen LogP contribution in [0.5, 0.6) is 0 Å². The Hall–Kier alpha value is -16.4. The molecule has 0 unspecified atom stereocenters. The first-order valence-electron chi connectivity index (χ1n) is 46.7. The summed E-state index contributed by atoms with van der Waals surface area (Å²) < 4.78 is 43.8. The Balaban J connectivity index is 0.000000112. The number of methoxy groups -OCH3 is 1. The van der Waals surface area contributed by atoms with Crippen LogP contribution in [0.1, 0.15) is 106 Å². The summed E-state index contributed by atoms with van der Waals surface area (Å²) >= 11 is 0. The molecule has 0 aromatic heterocycles. The van der Waals surface area contributed by atoms with E-state index in [0.717, 1.165) is 173 Å². The molecule has 5 aliphatic rings. The highest BCUT2D eigenvalue weighted by Crippen LogP contribution is 2.51. The van der Waals surface area contributed by atoms with E-state index >= 15 is 0 Å². The number of aryl methyl sites for hydroxylation is 5. The van der Waals surface area contributed by atoms with Crippen molar-refractivity contribution in [3.63, 3.8) is 0 Å². The maximum atomic E-state index is 13.7. The second-order valence-corrected chi connectivity index (χ2v) is 36.1. The van der Waals surface area contributed by atoms with E-state index in [4.69, 9.17) is 11.3 Å². The van der Waals surface area contributed by atoms with Gasteiger partial charge in [0.2, 0.25) is 6.54 Å². The number of amides is 5. The number of carbonyl (C=O) groups excluding carboxylic acids is 5. The summed E-state index contributed by atoms with van der Waals surface area (Å²) in [5.74, 6) is 0.243. The Morgan fingerprint density at radius 2 is 0.601 bits per heavy atom. The van der Waals surface area contributed by atoms with Crippen LogP contribution in [0.2, 0.25) is 0 Å². The lowest BCUT2D eigenvalue weighted by molar-refractivity contribution is -0.118. The molecule has 680 valence electrons. The SMILES string of the molecule is COCCN1C(=O)c2cccc3c(-c4ccc(C)cc4)ccc1c23.Cc1ccc(-c2ccc3c4c(cccc24)C(=O)N3CC(F)(F)F)cc1.Cc1ccc(-c2ccc3c4c(cccc24)C(=O)N3CCC(C)C)cc1.Cc1ccc(-c2ccc3c4c(cccc24)C(=O)N3c2ccc(N(c3ccccc3)c3ccccc3)cc2)cc1.[C-]#[N+]CCCN1C(=O)c2cccc3c(-c4ccc(C)cc4)ccc1c23. The first-order valence-corrected chi connectivity index (χ1v) is 46.7. The Morgan fingerprint density at radius 3 is 0.920 bits per heavy atom. The van der Waals surface area contributed by atoms with Gasteiger partial charge in [0.25, 0.3) is 29.5 Å². The number of para-hydroxylation sites is 2. The molecule has 0 spiro atoms. The molecule has 0 aliphatic carbocycles. The topological polar surface area (TPSA) is 118 Å². The molecule has 0 N–H and O–H groups in total.